The van der Waals surface area contributed by atoms with Gasteiger partial charge < -0.3 is 24.7 Å². The van der Waals surface area contributed by atoms with Gasteiger partial charge in [0, 0.05) is 35.8 Å². The molecule has 0 atom stereocenters. The zero-order valence-electron chi connectivity index (χ0n) is 18.2. The average Bonchev–Trinajstić information content (AvgIpc) is 3.02. The highest BCUT2D eigenvalue weighted by atomic mass is 35.5. The fourth-order valence-corrected chi connectivity index (χ4v) is 3.94. The summed E-state index contributed by atoms with van der Waals surface area (Å²) in [4.78, 5) is 28.7. The first-order valence-electron chi connectivity index (χ1n) is 9.89. The van der Waals surface area contributed by atoms with E-state index in [0.717, 1.165) is 23.1 Å². The number of hydrogen-bond acceptors (Lipinski definition) is 4. The first-order chi connectivity index (χ1) is 15.2. The fourth-order valence-electron chi connectivity index (χ4n) is 3.94. The van der Waals surface area contributed by atoms with Crippen molar-refractivity contribution in [3.05, 3.63) is 76.0 Å². The maximum Gasteiger partial charge on any atom is 0.345 e. The van der Waals surface area contributed by atoms with E-state index in [1.54, 1.807) is 6.07 Å². The fraction of sp³-hybridized carbons (Fsp3) is 0.167. The molecule has 0 fully saturated rings. The molecular formula is C24H23ClFN3O4. The van der Waals surface area contributed by atoms with Crippen molar-refractivity contribution in [2.24, 2.45) is 7.05 Å². The lowest BCUT2D eigenvalue weighted by Crippen LogP contribution is -2.19. The SMILES string of the molecule is CN(C)Cc1cc2cc(-c3[nH]c(=O)c(C(=O)O)c(O)c3-c3ccc(F)cc3)ccc2n1C.Cl. The molecular weight excluding hydrogens is 449 g/mol. The topological polar surface area (TPSA) is 98.6 Å². The van der Waals surface area contributed by atoms with Crippen molar-refractivity contribution in [2.75, 3.05) is 14.1 Å². The van der Waals surface area contributed by atoms with E-state index in [-0.39, 0.29) is 23.7 Å². The van der Waals surface area contributed by atoms with Gasteiger partial charge >= 0.3 is 5.97 Å². The maximum absolute atomic E-state index is 13.5. The van der Waals surface area contributed by atoms with Crippen molar-refractivity contribution in [2.45, 2.75) is 6.54 Å². The number of nitrogens with zero attached hydrogens (tertiary/aromatic N) is 2. The monoisotopic (exact) mass is 471 g/mol. The van der Waals surface area contributed by atoms with E-state index in [1.165, 1.54) is 24.3 Å². The first kappa shape index (κ1) is 24.0. The van der Waals surface area contributed by atoms with Crippen LogP contribution in [0.15, 0.2) is 53.3 Å². The number of pyridine rings is 1. The summed E-state index contributed by atoms with van der Waals surface area (Å²) in [6.07, 6.45) is 0. The van der Waals surface area contributed by atoms with Crippen LogP contribution in [0.4, 0.5) is 4.39 Å². The number of aromatic amines is 1. The molecule has 33 heavy (non-hydrogen) atoms. The number of carboxylic acids is 1. The van der Waals surface area contributed by atoms with E-state index in [4.69, 9.17) is 0 Å². The third kappa shape index (κ3) is 4.35. The lowest BCUT2D eigenvalue weighted by atomic mass is 9.96. The minimum atomic E-state index is -1.55. The van der Waals surface area contributed by atoms with E-state index < -0.39 is 28.7 Å². The number of carboxylic acid groups (broad SMARTS) is 1. The van der Waals surface area contributed by atoms with Crippen LogP contribution in [-0.4, -0.2) is 44.7 Å². The predicted octanol–water partition coefficient (Wildman–Crippen LogP) is 4.23. The summed E-state index contributed by atoms with van der Waals surface area (Å²) in [7, 11) is 5.94. The summed E-state index contributed by atoms with van der Waals surface area (Å²) in [5.41, 5.74) is 1.73. The summed E-state index contributed by atoms with van der Waals surface area (Å²) < 4.78 is 15.6. The predicted molar refractivity (Wildman–Crippen MR) is 128 cm³/mol. The summed E-state index contributed by atoms with van der Waals surface area (Å²) >= 11 is 0. The molecule has 0 saturated carbocycles. The molecule has 0 unspecified atom stereocenters. The van der Waals surface area contributed by atoms with Crippen LogP contribution < -0.4 is 5.56 Å². The highest BCUT2D eigenvalue weighted by Gasteiger charge is 2.24. The van der Waals surface area contributed by atoms with Crippen molar-refractivity contribution < 1.29 is 19.4 Å². The van der Waals surface area contributed by atoms with E-state index in [0.29, 0.717) is 11.1 Å². The molecule has 2 aromatic carbocycles. The smallest absolute Gasteiger partial charge is 0.345 e. The van der Waals surface area contributed by atoms with Gasteiger partial charge in [-0.2, -0.15) is 0 Å². The van der Waals surface area contributed by atoms with Gasteiger partial charge in [-0.1, -0.05) is 18.2 Å². The Morgan fingerprint density at radius 2 is 1.73 bits per heavy atom. The van der Waals surface area contributed by atoms with Gasteiger partial charge in [0.1, 0.15) is 11.6 Å². The number of benzene rings is 2. The van der Waals surface area contributed by atoms with Crippen molar-refractivity contribution in [1.82, 2.24) is 14.5 Å². The van der Waals surface area contributed by atoms with Crippen LogP contribution in [0.1, 0.15) is 16.1 Å². The molecule has 0 aliphatic carbocycles. The molecule has 9 heteroatoms. The number of aromatic hydroxyl groups is 1. The van der Waals surface area contributed by atoms with E-state index in [2.05, 4.69) is 14.5 Å². The van der Waals surface area contributed by atoms with Crippen molar-refractivity contribution in [3.63, 3.8) is 0 Å². The highest BCUT2D eigenvalue weighted by molar-refractivity contribution is 5.98. The normalized spacial score (nSPS) is 11.1. The van der Waals surface area contributed by atoms with Crippen LogP contribution in [0.5, 0.6) is 5.75 Å². The molecule has 3 N–H and O–H groups in total. The molecule has 0 radical (unpaired) electrons. The molecule has 2 heterocycles. The number of aromatic carboxylic acids is 1. The van der Waals surface area contributed by atoms with Gasteiger partial charge in [0.05, 0.1) is 5.69 Å². The second-order valence-electron chi connectivity index (χ2n) is 7.95. The Hall–Kier alpha value is -3.62. The van der Waals surface area contributed by atoms with E-state index in [9.17, 15) is 24.2 Å². The van der Waals surface area contributed by atoms with Gasteiger partial charge in [-0.3, -0.25) is 4.79 Å². The molecule has 4 aromatic rings. The Bertz CT molecular complexity index is 1410. The molecule has 0 amide bonds. The summed E-state index contributed by atoms with van der Waals surface area (Å²) in [6.45, 7) is 0.742. The number of rotatable bonds is 5. The lowest BCUT2D eigenvalue weighted by molar-refractivity contribution is 0.0692. The number of carbonyl (C=O) groups is 1. The van der Waals surface area contributed by atoms with Gasteiger partial charge in [-0.15, -0.1) is 12.4 Å². The van der Waals surface area contributed by atoms with Gasteiger partial charge in [0.15, 0.2) is 5.56 Å². The zero-order chi connectivity index (χ0) is 23.2. The number of hydrogen-bond donors (Lipinski definition) is 3. The van der Waals surface area contributed by atoms with Crippen molar-refractivity contribution in [3.8, 4) is 28.1 Å². The standard InChI is InChI=1S/C24H22FN3O4.ClH/c1-27(2)12-17-11-15-10-14(6-9-18(15)28(17)3)21-19(13-4-7-16(25)8-5-13)22(29)20(24(31)32)23(30)26-21;/h4-11H,12H2,1-3H3,(H,31,32)(H2,26,29,30);1H. The Kier molecular flexibility index (Phi) is 6.62. The van der Waals surface area contributed by atoms with Gasteiger partial charge in [-0.05, 0) is 55.6 Å². The number of fused-ring (bicyclic) bond motifs is 1. The molecule has 0 bridgehead atoms. The molecule has 0 aliphatic rings. The van der Waals surface area contributed by atoms with E-state index in [1.807, 2.05) is 39.3 Å². The summed E-state index contributed by atoms with van der Waals surface area (Å²) in [5, 5.41) is 21.1. The number of aryl methyl sites for hydroxylation is 1. The Labute approximate surface area is 195 Å². The van der Waals surface area contributed by atoms with E-state index >= 15 is 0 Å². The minimum Gasteiger partial charge on any atom is -0.506 e. The van der Waals surface area contributed by atoms with Crippen LogP contribution in [0, 0.1) is 5.82 Å². The third-order valence-electron chi connectivity index (χ3n) is 5.44. The largest absolute Gasteiger partial charge is 0.506 e. The molecule has 2 aromatic heterocycles. The second-order valence-corrected chi connectivity index (χ2v) is 7.95. The van der Waals surface area contributed by atoms with Crippen LogP contribution in [-0.2, 0) is 13.6 Å². The first-order valence-corrected chi connectivity index (χ1v) is 9.89. The maximum atomic E-state index is 13.5. The zero-order valence-corrected chi connectivity index (χ0v) is 19.0. The molecule has 0 saturated heterocycles. The molecule has 172 valence electrons. The second kappa shape index (κ2) is 9.09. The third-order valence-corrected chi connectivity index (χ3v) is 5.44. The van der Waals surface area contributed by atoms with Crippen LogP contribution in [0.25, 0.3) is 33.3 Å². The van der Waals surface area contributed by atoms with Crippen molar-refractivity contribution >= 4 is 29.3 Å². The minimum absolute atomic E-state index is 0. The molecule has 0 aliphatic heterocycles. The highest BCUT2D eigenvalue weighted by Crippen LogP contribution is 2.39. The number of halogens is 2. The van der Waals surface area contributed by atoms with Crippen LogP contribution >= 0.6 is 12.4 Å². The van der Waals surface area contributed by atoms with Crippen LogP contribution in [0.2, 0.25) is 0 Å². The number of nitrogens with one attached hydrogen (secondary N) is 1. The Morgan fingerprint density at radius 3 is 2.33 bits per heavy atom. The van der Waals surface area contributed by atoms with Gasteiger partial charge in [-0.25, -0.2) is 9.18 Å². The number of H-pyrrole nitrogens is 1. The summed E-state index contributed by atoms with van der Waals surface area (Å²) in [6, 6.07) is 12.9. The summed E-state index contributed by atoms with van der Waals surface area (Å²) in [5.74, 6) is -2.69. The molecule has 7 nitrogen and oxygen atoms in total. The Morgan fingerprint density at radius 1 is 1.09 bits per heavy atom. The average molecular weight is 472 g/mol. The number of aromatic nitrogens is 2. The van der Waals surface area contributed by atoms with Crippen LogP contribution in [0.3, 0.4) is 0 Å². The lowest BCUT2D eigenvalue weighted by Gasteiger charge is -2.14. The van der Waals surface area contributed by atoms with Gasteiger partial charge in [0.25, 0.3) is 5.56 Å². The Balaban J connectivity index is 0.00000306. The van der Waals surface area contributed by atoms with Crippen molar-refractivity contribution in [1.29, 1.82) is 0 Å². The quantitative estimate of drug-likeness (QED) is 0.404. The molecule has 0 spiro atoms. The van der Waals surface area contributed by atoms with Gasteiger partial charge in [0.2, 0.25) is 0 Å². The molecule has 4 rings (SSSR count).